The second-order valence-corrected chi connectivity index (χ2v) is 8.07. The van der Waals surface area contributed by atoms with Gasteiger partial charge in [-0.15, -0.1) is 0 Å². The lowest BCUT2D eigenvalue weighted by Gasteiger charge is -2.33. The van der Waals surface area contributed by atoms with Crippen LogP contribution in [0.3, 0.4) is 0 Å². The third-order valence-electron chi connectivity index (χ3n) is 5.07. The average molecular weight is 370 g/mol. The van der Waals surface area contributed by atoms with E-state index in [0.29, 0.717) is 11.7 Å². The van der Waals surface area contributed by atoms with Gasteiger partial charge >= 0.3 is 0 Å². The fraction of sp³-hybridized carbons (Fsp3) is 0.591. The molecule has 146 valence electrons. The number of amides is 1. The van der Waals surface area contributed by atoms with Gasteiger partial charge in [-0.3, -0.25) is 4.79 Å². The van der Waals surface area contributed by atoms with Crippen molar-refractivity contribution in [2.75, 3.05) is 26.2 Å². The van der Waals surface area contributed by atoms with E-state index in [0.717, 1.165) is 44.6 Å². The van der Waals surface area contributed by atoms with Gasteiger partial charge < -0.3 is 20.1 Å². The van der Waals surface area contributed by atoms with E-state index in [9.17, 15) is 9.90 Å². The van der Waals surface area contributed by atoms with Crippen molar-refractivity contribution in [1.82, 2.24) is 10.2 Å². The van der Waals surface area contributed by atoms with Gasteiger partial charge in [0.25, 0.3) is 5.91 Å². The van der Waals surface area contributed by atoms with Crippen LogP contribution in [-0.2, 0) is 4.74 Å². The molecule has 2 aliphatic rings. The van der Waals surface area contributed by atoms with Crippen molar-refractivity contribution in [3.63, 3.8) is 0 Å². The summed E-state index contributed by atoms with van der Waals surface area (Å²) in [5.74, 6) is 5.66. The number of rotatable bonds is 4. The summed E-state index contributed by atoms with van der Waals surface area (Å²) in [6.45, 7) is 7.24. The van der Waals surface area contributed by atoms with Crippen molar-refractivity contribution in [2.24, 2.45) is 0 Å². The fourth-order valence-corrected chi connectivity index (χ4v) is 3.53. The Kier molecular flexibility index (Phi) is 6.54. The quantitative estimate of drug-likeness (QED) is 0.798. The number of ether oxygens (including phenoxy) is 1. The number of piperidine rings is 1. The number of likely N-dealkylation sites (tertiary alicyclic amines) is 1. The van der Waals surface area contributed by atoms with Crippen LogP contribution in [0.4, 0.5) is 0 Å². The summed E-state index contributed by atoms with van der Waals surface area (Å²) in [6.07, 6.45) is 4.71. The van der Waals surface area contributed by atoms with Gasteiger partial charge in [-0.25, -0.2) is 0 Å². The van der Waals surface area contributed by atoms with Gasteiger partial charge in [0.05, 0.1) is 6.10 Å². The molecule has 5 nitrogen and oxygen atoms in total. The molecule has 1 aromatic rings. The lowest BCUT2D eigenvalue weighted by atomic mass is 10.0. The molecule has 0 radical (unpaired) electrons. The monoisotopic (exact) mass is 370 g/mol. The molecule has 5 heteroatoms. The molecular weight excluding hydrogens is 340 g/mol. The second kappa shape index (κ2) is 8.88. The highest BCUT2D eigenvalue weighted by molar-refractivity contribution is 5.94. The Morgan fingerprint density at radius 2 is 1.96 bits per heavy atom. The summed E-state index contributed by atoms with van der Waals surface area (Å²) in [7, 11) is 0. The maximum absolute atomic E-state index is 12.5. The van der Waals surface area contributed by atoms with Crippen molar-refractivity contribution in [2.45, 2.75) is 57.3 Å². The highest BCUT2D eigenvalue weighted by atomic mass is 16.5. The summed E-state index contributed by atoms with van der Waals surface area (Å²) >= 11 is 0. The summed E-state index contributed by atoms with van der Waals surface area (Å²) in [5.41, 5.74) is 0.413. The van der Waals surface area contributed by atoms with Gasteiger partial charge in [0.2, 0.25) is 0 Å². The topological polar surface area (TPSA) is 61.8 Å². The van der Waals surface area contributed by atoms with Crippen molar-refractivity contribution in [3.05, 3.63) is 35.4 Å². The predicted octanol–water partition coefficient (Wildman–Crippen LogP) is 2.18. The van der Waals surface area contributed by atoms with E-state index in [1.165, 1.54) is 12.8 Å². The Morgan fingerprint density at radius 3 is 2.56 bits per heavy atom. The van der Waals surface area contributed by atoms with Crippen LogP contribution in [0.25, 0.3) is 0 Å². The van der Waals surface area contributed by atoms with Crippen LogP contribution in [0.1, 0.15) is 55.5 Å². The number of aliphatic hydroxyl groups is 1. The Balaban J connectivity index is 1.45. The Labute approximate surface area is 162 Å². The van der Waals surface area contributed by atoms with Gasteiger partial charge in [-0.2, -0.15) is 0 Å². The first kappa shape index (κ1) is 19.9. The smallest absolute Gasteiger partial charge is 0.251 e. The molecule has 0 bridgehead atoms. The normalized spacial score (nSPS) is 21.5. The van der Waals surface area contributed by atoms with Crippen LogP contribution in [0, 0.1) is 11.8 Å². The average Bonchev–Trinajstić information content (AvgIpc) is 3.14. The molecule has 1 unspecified atom stereocenters. The molecule has 2 heterocycles. The SMILES string of the molecule is CC(C)(O)C#Cc1ccc(C(=O)NC2CCN(CC3CCCO3)CC2)cc1. The molecule has 3 rings (SSSR count). The first-order valence-electron chi connectivity index (χ1n) is 9.89. The third-order valence-corrected chi connectivity index (χ3v) is 5.07. The Morgan fingerprint density at radius 1 is 1.26 bits per heavy atom. The van der Waals surface area contributed by atoms with Crippen LogP contribution in [-0.4, -0.2) is 59.9 Å². The molecule has 0 aliphatic carbocycles. The lowest BCUT2D eigenvalue weighted by Crippen LogP contribution is -2.46. The standard InChI is InChI=1S/C22H30N2O3/c1-22(2,26)12-9-17-5-7-18(8-6-17)21(25)23-19-10-13-24(14-11-19)16-20-4-3-15-27-20/h5-8,19-20,26H,3-4,10-11,13-16H2,1-2H3,(H,23,25). The van der Waals surface area contributed by atoms with Gasteiger partial charge in [-0.05, 0) is 63.8 Å². The van der Waals surface area contributed by atoms with Crippen LogP contribution < -0.4 is 5.32 Å². The third kappa shape index (κ3) is 6.35. The second-order valence-electron chi connectivity index (χ2n) is 8.07. The van der Waals surface area contributed by atoms with E-state index in [1.54, 1.807) is 26.0 Å². The molecule has 0 spiro atoms. The molecule has 1 amide bonds. The molecule has 1 atom stereocenters. The summed E-state index contributed by atoms with van der Waals surface area (Å²) in [5, 5.41) is 12.8. The van der Waals surface area contributed by atoms with Gasteiger partial charge in [-0.1, -0.05) is 11.8 Å². The van der Waals surface area contributed by atoms with Crippen molar-refractivity contribution in [3.8, 4) is 11.8 Å². The van der Waals surface area contributed by atoms with Crippen LogP contribution in [0.5, 0.6) is 0 Å². The number of hydrogen-bond acceptors (Lipinski definition) is 4. The van der Waals surface area contributed by atoms with E-state index < -0.39 is 5.60 Å². The van der Waals surface area contributed by atoms with E-state index in [4.69, 9.17) is 4.74 Å². The number of benzene rings is 1. The minimum absolute atomic E-state index is 0.0328. The van der Waals surface area contributed by atoms with Crippen molar-refractivity contribution < 1.29 is 14.6 Å². The van der Waals surface area contributed by atoms with Crippen LogP contribution >= 0.6 is 0 Å². The number of carbonyl (C=O) groups is 1. The van der Waals surface area contributed by atoms with E-state index >= 15 is 0 Å². The number of hydrogen-bond donors (Lipinski definition) is 2. The molecule has 0 saturated carbocycles. The minimum Gasteiger partial charge on any atom is -0.378 e. The summed E-state index contributed by atoms with van der Waals surface area (Å²) < 4.78 is 5.72. The zero-order valence-electron chi connectivity index (χ0n) is 16.3. The molecule has 0 aromatic heterocycles. The minimum atomic E-state index is -1.02. The zero-order valence-corrected chi connectivity index (χ0v) is 16.3. The first-order chi connectivity index (χ1) is 12.9. The number of nitrogens with zero attached hydrogens (tertiary/aromatic N) is 1. The van der Waals surface area contributed by atoms with Gasteiger partial charge in [0.15, 0.2) is 0 Å². The highest BCUT2D eigenvalue weighted by Gasteiger charge is 2.24. The first-order valence-corrected chi connectivity index (χ1v) is 9.89. The van der Waals surface area contributed by atoms with E-state index in [1.807, 2.05) is 12.1 Å². The Bertz CT molecular complexity index is 683. The van der Waals surface area contributed by atoms with Crippen molar-refractivity contribution >= 4 is 5.91 Å². The molecule has 2 aliphatic heterocycles. The molecule has 2 N–H and O–H groups in total. The molecule has 2 saturated heterocycles. The maximum Gasteiger partial charge on any atom is 0.251 e. The largest absolute Gasteiger partial charge is 0.378 e. The lowest BCUT2D eigenvalue weighted by molar-refractivity contribution is 0.0613. The molecule has 27 heavy (non-hydrogen) atoms. The van der Waals surface area contributed by atoms with Gasteiger partial charge in [0.1, 0.15) is 5.60 Å². The van der Waals surface area contributed by atoms with E-state index in [2.05, 4.69) is 22.1 Å². The number of nitrogens with one attached hydrogen (secondary N) is 1. The van der Waals surface area contributed by atoms with Gasteiger partial charge in [0, 0.05) is 43.4 Å². The summed E-state index contributed by atoms with van der Waals surface area (Å²) in [6, 6.07) is 7.44. The maximum atomic E-state index is 12.5. The fourth-order valence-electron chi connectivity index (χ4n) is 3.53. The number of carbonyl (C=O) groups excluding carboxylic acids is 1. The molecule has 1 aromatic carbocycles. The molecular formula is C22H30N2O3. The summed E-state index contributed by atoms with van der Waals surface area (Å²) in [4.78, 5) is 14.9. The van der Waals surface area contributed by atoms with Crippen LogP contribution in [0.15, 0.2) is 24.3 Å². The van der Waals surface area contributed by atoms with E-state index in [-0.39, 0.29) is 11.9 Å². The Hall–Kier alpha value is -1.87. The molecule has 2 fully saturated rings. The van der Waals surface area contributed by atoms with Crippen molar-refractivity contribution in [1.29, 1.82) is 0 Å². The highest BCUT2D eigenvalue weighted by Crippen LogP contribution is 2.17. The zero-order chi connectivity index (χ0) is 19.3. The van der Waals surface area contributed by atoms with Crippen LogP contribution in [0.2, 0.25) is 0 Å². The predicted molar refractivity (Wildman–Crippen MR) is 106 cm³/mol.